The third-order valence-corrected chi connectivity index (χ3v) is 8.81. The fourth-order valence-corrected chi connectivity index (χ4v) is 7.82. The van der Waals surface area contributed by atoms with E-state index in [9.17, 15) is 4.79 Å². The molecule has 0 unspecified atom stereocenters. The minimum Gasteiger partial charge on any atom is -0.289 e. The first-order chi connectivity index (χ1) is 12.1. The molecule has 0 amide bonds. The Labute approximate surface area is 159 Å². The Balaban J connectivity index is 2.40. The first kappa shape index (κ1) is 18.8. The largest absolute Gasteiger partial charge is 0.289 e. The number of hydrogen-bond acceptors (Lipinski definition) is 1. The van der Waals surface area contributed by atoms with Crippen LogP contribution in [0.1, 0.15) is 11.1 Å². The Morgan fingerprint density at radius 1 is 0.538 bits per heavy atom. The van der Waals surface area contributed by atoms with Crippen molar-refractivity contribution in [1.82, 2.24) is 0 Å². The number of rotatable bonds is 4. The maximum atomic E-state index is 13.7. The van der Waals surface area contributed by atoms with E-state index in [1.54, 1.807) is 0 Å². The van der Waals surface area contributed by atoms with Gasteiger partial charge in [0.05, 0.1) is 16.1 Å². The molecule has 0 bridgehead atoms. The van der Waals surface area contributed by atoms with Gasteiger partial charge in [0.2, 0.25) is 0 Å². The molecule has 2 aromatic carbocycles. The monoisotopic (exact) mass is 376 g/mol. The molecule has 0 saturated carbocycles. The summed E-state index contributed by atoms with van der Waals surface area (Å²) in [5.41, 5.74) is 4.46. The predicted molar refractivity (Wildman–Crippen MR) is 118 cm³/mol. The Morgan fingerprint density at radius 2 is 0.923 bits per heavy atom. The summed E-state index contributed by atoms with van der Waals surface area (Å²) in [7, 11) is -3.57. The van der Waals surface area contributed by atoms with Gasteiger partial charge in [0.15, 0.2) is 5.78 Å². The molecular weight excluding hydrogens is 348 g/mol. The van der Waals surface area contributed by atoms with E-state index < -0.39 is 16.1 Å². The van der Waals surface area contributed by atoms with E-state index in [-0.39, 0.29) is 5.78 Å². The summed E-state index contributed by atoms with van der Waals surface area (Å²) < 4.78 is 0. The van der Waals surface area contributed by atoms with Crippen molar-refractivity contribution < 1.29 is 4.79 Å². The first-order valence-corrected chi connectivity index (χ1v) is 16.3. The molecular formula is C23H28OSi2. The summed E-state index contributed by atoms with van der Waals surface area (Å²) in [6.45, 7) is 13.9. The van der Waals surface area contributed by atoms with Crippen molar-refractivity contribution in [2.24, 2.45) is 0 Å². The van der Waals surface area contributed by atoms with E-state index in [2.05, 4.69) is 75.7 Å². The Kier molecular flexibility index (Phi) is 4.80. The Hall–Kier alpha value is -1.98. The summed E-state index contributed by atoms with van der Waals surface area (Å²) in [4.78, 5) is 13.7. The molecule has 3 heteroatoms. The van der Waals surface area contributed by atoms with Crippen LogP contribution < -0.4 is 0 Å². The maximum Gasteiger partial charge on any atom is 0.186 e. The predicted octanol–water partition coefficient (Wildman–Crippen LogP) is 6.23. The van der Waals surface area contributed by atoms with E-state index in [1.807, 2.05) is 24.3 Å². The molecule has 2 aromatic rings. The van der Waals surface area contributed by atoms with E-state index in [1.165, 1.54) is 16.3 Å². The molecule has 3 rings (SSSR count). The third kappa shape index (κ3) is 3.34. The molecule has 1 aliphatic carbocycles. The van der Waals surface area contributed by atoms with Crippen LogP contribution in [-0.2, 0) is 4.79 Å². The molecule has 0 atom stereocenters. The van der Waals surface area contributed by atoms with Gasteiger partial charge in [-0.25, -0.2) is 0 Å². The lowest BCUT2D eigenvalue weighted by Gasteiger charge is -2.25. The highest BCUT2D eigenvalue weighted by Gasteiger charge is 2.43. The highest BCUT2D eigenvalue weighted by atomic mass is 28.3. The van der Waals surface area contributed by atoms with Gasteiger partial charge in [-0.1, -0.05) is 99.9 Å². The molecule has 26 heavy (non-hydrogen) atoms. The minimum atomic E-state index is -1.82. The fraction of sp³-hybridized carbons (Fsp3) is 0.261. The highest BCUT2D eigenvalue weighted by Crippen LogP contribution is 2.47. The zero-order chi connectivity index (χ0) is 19.1. The number of allylic oxidation sites excluding steroid dienone is 4. The van der Waals surface area contributed by atoms with Crippen LogP contribution in [0.15, 0.2) is 71.1 Å². The average molecular weight is 377 g/mol. The average Bonchev–Trinajstić information content (AvgIpc) is 2.90. The van der Waals surface area contributed by atoms with Crippen LogP contribution in [0.5, 0.6) is 0 Å². The van der Waals surface area contributed by atoms with Gasteiger partial charge in [-0.2, -0.15) is 0 Å². The number of ketones is 1. The van der Waals surface area contributed by atoms with E-state index >= 15 is 0 Å². The highest BCUT2D eigenvalue weighted by molar-refractivity contribution is 6.95. The topological polar surface area (TPSA) is 17.1 Å². The molecule has 0 saturated heterocycles. The van der Waals surface area contributed by atoms with E-state index in [0.29, 0.717) is 0 Å². The van der Waals surface area contributed by atoms with E-state index in [0.717, 1.165) is 16.3 Å². The Bertz CT molecular complexity index is 893. The molecule has 0 N–H and O–H groups in total. The van der Waals surface area contributed by atoms with Gasteiger partial charge in [-0.05, 0) is 27.1 Å². The lowest BCUT2D eigenvalue weighted by molar-refractivity contribution is -0.109. The standard InChI is InChI=1S/C23H28OSi2/c1-25(2,3)22-19(17-13-9-7-10-14-17)21(24)23(26(4,5)6)20(22)18-15-11-8-12-16-18/h7-16H,1-6H3. The smallest absolute Gasteiger partial charge is 0.186 e. The zero-order valence-corrected chi connectivity index (χ0v) is 18.7. The molecule has 0 aliphatic heterocycles. The van der Waals surface area contributed by atoms with Crippen LogP contribution in [-0.4, -0.2) is 21.9 Å². The van der Waals surface area contributed by atoms with Gasteiger partial charge < -0.3 is 0 Å². The van der Waals surface area contributed by atoms with Gasteiger partial charge in [0, 0.05) is 5.57 Å². The van der Waals surface area contributed by atoms with Crippen molar-refractivity contribution in [1.29, 1.82) is 0 Å². The van der Waals surface area contributed by atoms with Crippen molar-refractivity contribution in [3.05, 3.63) is 82.2 Å². The number of benzene rings is 2. The van der Waals surface area contributed by atoms with Crippen LogP contribution in [0, 0.1) is 0 Å². The fourth-order valence-electron chi connectivity index (χ4n) is 3.84. The molecule has 1 aliphatic rings. The molecule has 1 nitrogen and oxygen atoms in total. The van der Waals surface area contributed by atoms with Gasteiger partial charge in [0.25, 0.3) is 0 Å². The first-order valence-electron chi connectivity index (χ1n) is 9.28. The second-order valence-electron chi connectivity index (χ2n) is 9.06. The van der Waals surface area contributed by atoms with E-state index in [4.69, 9.17) is 0 Å². The molecule has 0 fully saturated rings. The zero-order valence-electron chi connectivity index (χ0n) is 16.7. The number of Topliss-reactive ketones (excluding diaryl/α,β-unsaturated/α-hetero) is 1. The summed E-state index contributed by atoms with van der Waals surface area (Å²) in [6.07, 6.45) is 0. The normalized spacial score (nSPS) is 15.8. The van der Waals surface area contributed by atoms with Gasteiger partial charge in [0.1, 0.15) is 0 Å². The van der Waals surface area contributed by atoms with Crippen molar-refractivity contribution in [3.8, 4) is 0 Å². The summed E-state index contributed by atoms with van der Waals surface area (Å²) >= 11 is 0. The lowest BCUT2D eigenvalue weighted by Crippen LogP contribution is -2.29. The molecule has 0 heterocycles. The summed E-state index contributed by atoms with van der Waals surface area (Å²) in [6, 6.07) is 20.8. The van der Waals surface area contributed by atoms with Crippen LogP contribution >= 0.6 is 0 Å². The minimum absolute atomic E-state index is 0.270. The molecule has 134 valence electrons. The molecule has 0 spiro atoms. The Morgan fingerprint density at radius 3 is 1.31 bits per heavy atom. The molecule has 0 radical (unpaired) electrons. The van der Waals surface area contributed by atoms with Crippen LogP contribution in [0.3, 0.4) is 0 Å². The second kappa shape index (κ2) is 6.64. The van der Waals surface area contributed by atoms with Crippen LogP contribution in [0.25, 0.3) is 11.1 Å². The number of carbonyl (C=O) groups excluding carboxylic acids is 1. The van der Waals surface area contributed by atoms with Gasteiger partial charge in [-0.15, -0.1) is 0 Å². The summed E-state index contributed by atoms with van der Waals surface area (Å²) in [5.74, 6) is 0.270. The lowest BCUT2D eigenvalue weighted by atomic mass is 10.0. The van der Waals surface area contributed by atoms with Crippen molar-refractivity contribution in [2.45, 2.75) is 39.3 Å². The number of hydrogen-bond donors (Lipinski definition) is 0. The van der Waals surface area contributed by atoms with Crippen LogP contribution in [0.4, 0.5) is 0 Å². The maximum absolute atomic E-state index is 13.7. The number of carbonyl (C=O) groups is 1. The van der Waals surface area contributed by atoms with Crippen molar-refractivity contribution >= 4 is 33.1 Å². The quantitative estimate of drug-likeness (QED) is 0.578. The second-order valence-corrected chi connectivity index (χ2v) is 19.1. The van der Waals surface area contributed by atoms with Crippen LogP contribution in [0.2, 0.25) is 39.3 Å². The van der Waals surface area contributed by atoms with Crippen molar-refractivity contribution in [3.63, 3.8) is 0 Å². The SMILES string of the molecule is C[Si](C)(C)C1=C(c2ccccc2)C([Si](C)(C)C)=C(c2ccccc2)C1=O. The van der Waals surface area contributed by atoms with Gasteiger partial charge >= 0.3 is 0 Å². The van der Waals surface area contributed by atoms with Crippen molar-refractivity contribution in [2.75, 3.05) is 0 Å². The summed E-state index contributed by atoms with van der Waals surface area (Å²) in [5, 5.41) is 2.43. The molecule has 0 aromatic heterocycles. The third-order valence-electron chi connectivity index (χ3n) is 4.83. The van der Waals surface area contributed by atoms with Gasteiger partial charge in [-0.3, -0.25) is 4.79 Å².